The van der Waals surface area contributed by atoms with Crippen molar-refractivity contribution in [3.05, 3.63) is 24.3 Å². The monoisotopic (exact) mass is 256 g/mol. The van der Waals surface area contributed by atoms with Gasteiger partial charge in [0, 0.05) is 6.26 Å². The summed E-state index contributed by atoms with van der Waals surface area (Å²) in [5.74, 6) is -0.386. The number of benzene rings is 1. The fraction of sp³-hybridized carbons (Fsp3) is 0.364. The Kier molecular flexibility index (Phi) is 4.25. The first kappa shape index (κ1) is 13.7. The van der Waals surface area contributed by atoms with Crippen LogP contribution in [0.15, 0.2) is 29.2 Å². The van der Waals surface area contributed by atoms with Crippen molar-refractivity contribution in [1.29, 1.82) is 0 Å². The fourth-order valence-electron chi connectivity index (χ4n) is 1.30. The number of nitrogens with one attached hydrogen (secondary N) is 1. The molecule has 0 saturated heterocycles. The zero-order chi connectivity index (χ0) is 13.1. The topological polar surface area (TPSA) is 89.3 Å². The lowest BCUT2D eigenvalue weighted by molar-refractivity contribution is -0.117. The molecule has 1 rings (SSSR count). The van der Waals surface area contributed by atoms with Crippen molar-refractivity contribution < 1.29 is 13.2 Å². The lowest BCUT2D eigenvalue weighted by Gasteiger charge is -2.12. The zero-order valence-corrected chi connectivity index (χ0v) is 10.6. The van der Waals surface area contributed by atoms with E-state index in [0.717, 1.165) is 6.26 Å². The molecule has 1 atom stereocenters. The Bertz CT molecular complexity index is 511. The highest BCUT2D eigenvalue weighted by Gasteiger charge is 2.17. The summed E-state index contributed by atoms with van der Waals surface area (Å²) in [7, 11) is -3.37. The number of amides is 1. The molecule has 6 heteroatoms. The van der Waals surface area contributed by atoms with Crippen LogP contribution in [0.5, 0.6) is 0 Å². The first-order chi connectivity index (χ1) is 7.86. The van der Waals surface area contributed by atoms with Crippen LogP contribution in [0.4, 0.5) is 5.69 Å². The average molecular weight is 256 g/mol. The molecule has 0 aromatic heterocycles. The van der Waals surface area contributed by atoms with Gasteiger partial charge in [0.25, 0.3) is 0 Å². The van der Waals surface area contributed by atoms with Crippen LogP contribution in [0, 0.1) is 0 Å². The summed E-state index contributed by atoms with van der Waals surface area (Å²) in [6, 6.07) is 5.61. The number of hydrogen-bond acceptors (Lipinski definition) is 4. The molecule has 1 aromatic carbocycles. The Balaban J connectivity index is 3.04. The molecule has 3 N–H and O–H groups in total. The van der Waals surface area contributed by atoms with Crippen LogP contribution in [0.3, 0.4) is 0 Å². The molecule has 0 aliphatic heterocycles. The molecule has 1 amide bonds. The molecule has 0 unspecified atom stereocenters. The second-order valence-corrected chi connectivity index (χ2v) is 5.76. The summed E-state index contributed by atoms with van der Waals surface area (Å²) < 4.78 is 23.0. The predicted octanol–water partition coefficient (Wildman–Crippen LogP) is 0.766. The largest absolute Gasteiger partial charge is 0.324 e. The molecule has 0 radical (unpaired) electrons. The van der Waals surface area contributed by atoms with E-state index >= 15 is 0 Å². The average Bonchev–Trinajstić information content (AvgIpc) is 2.27. The van der Waals surface area contributed by atoms with Gasteiger partial charge >= 0.3 is 0 Å². The van der Waals surface area contributed by atoms with Crippen molar-refractivity contribution >= 4 is 21.4 Å². The Labute approximate surface area is 101 Å². The van der Waals surface area contributed by atoms with E-state index in [0.29, 0.717) is 6.42 Å². The quantitative estimate of drug-likeness (QED) is 0.832. The van der Waals surface area contributed by atoms with Gasteiger partial charge in [-0.05, 0) is 18.6 Å². The normalized spacial score (nSPS) is 13.1. The Morgan fingerprint density at radius 3 is 2.53 bits per heavy atom. The third-order valence-corrected chi connectivity index (χ3v) is 3.48. The number of para-hydroxylation sites is 1. The maximum atomic E-state index is 11.6. The summed E-state index contributed by atoms with van der Waals surface area (Å²) >= 11 is 0. The number of anilines is 1. The standard InChI is InChI=1S/C11H16N2O3S/c1-3-8(12)11(14)13-9-6-4-5-7-10(9)17(2,15)16/h4-8H,3,12H2,1-2H3,(H,13,14)/t8-/m1/s1. The molecule has 0 saturated carbocycles. The van der Waals surface area contributed by atoms with Gasteiger partial charge in [0.05, 0.1) is 16.6 Å². The van der Waals surface area contributed by atoms with E-state index in [4.69, 9.17) is 5.73 Å². The maximum absolute atomic E-state index is 11.6. The second-order valence-electron chi connectivity index (χ2n) is 3.77. The number of rotatable bonds is 4. The van der Waals surface area contributed by atoms with Gasteiger partial charge in [-0.3, -0.25) is 4.79 Å². The van der Waals surface area contributed by atoms with Crippen molar-refractivity contribution in [2.75, 3.05) is 11.6 Å². The third-order valence-electron chi connectivity index (χ3n) is 2.32. The molecule has 0 spiro atoms. The Hall–Kier alpha value is -1.40. The summed E-state index contributed by atoms with van der Waals surface area (Å²) in [5, 5.41) is 2.52. The first-order valence-corrected chi connectivity index (χ1v) is 7.11. The second kappa shape index (κ2) is 5.29. The van der Waals surface area contributed by atoms with E-state index in [1.165, 1.54) is 12.1 Å². The highest BCUT2D eigenvalue weighted by molar-refractivity contribution is 7.90. The van der Waals surface area contributed by atoms with Crippen molar-refractivity contribution in [1.82, 2.24) is 0 Å². The summed E-state index contributed by atoms with van der Waals surface area (Å²) in [6.45, 7) is 1.78. The smallest absolute Gasteiger partial charge is 0.241 e. The minimum absolute atomic E-state index is 0.0941. The van der Waals surface area contributed by atoms with Crippen molar-refractivity contribution in [2.45, 2.75) is 24.3 Å². The van der Waals surface area contributed by atoms with Crippen LogP contribution < -0.4 is 11.1 Å². The molecular weight excluding hydrogens is 240 g/mol. The highest BCUT2D eigenvalue weighted by Crippen LogP contribution is 2.20. The highest BCUT2D eigenvalue weighted by atomic mass is 32.2. The van der Waals surface area contributed by atoms with E-state index in [2.05, 4.69) is 5.32 Å². The van der Waals surface area contributed by atoms with Gasteiger partial charge in [-0.2, -0.15) is 0 Å². The zero-order valence-electron chi connectivity index (χ0n) is 9.80. The van der Waals surface area contributed by atoms with Gasteiger partial charge in [0.1, 0.15) is 0 Å². The summed E-state index contributed by atoms with van der Waals surface area (Å²) in [4.78, 5) is 11.7. The van der Waals surface area contributed by atoms with Crippen LogP contribution in [-0.2, 0) is 14.6 Å². The van der Waals surface area contributed by atoms with Crippen LogP contribution in [0.1, 0.15) is 13.3 Å². The lowest BCUT2D eigenvalue weighted by Crippen LogP contribution is -2.35. The number of carbonyl (C=O) groups excluding carboxylic acids is 1. The molecule has 94 valence electrons. The number of carbonyl (C=O) groups is 1. The predicted molar refractivity (Wildman–Crippen MR) is 66.4 cm³/mol. The third kappa shape index (κ3) is 3.54. The molecule has 0 aliphatic rings. The fourth-order valence-corrected chi connectivity index (χ4v) is 2.15. The van der Waals surface area contributed by atoms with Gasteiger partial charge in [0.2, 0.25) is 5.91 Å². The minimum atomic E-state index is -3.37. The molecule has 5 nitrogen and oxygen atoms in total. The molecular formula is C11H16N2O3S. The maximum Gasteiger partial charge on any atom is 0.241 e. The van der Waals surface area contributed by atoms with Gasteiger partial charge in [-0.25, -0.2) is 8.42 Å². The summed E-state index contributed by atoms with van der Waals surface area (Å²) in [6.07, 6.45) is 1.59. The molecule has 17 heavy (non-hydrogen) atoms. The van der Waals surface area contributed by atoms with E-state index in [1.54, 1.807) is 19.1 Å². The van der Waals surface area contributed by atoms with Crippen LogP contribution in [0.25, 0.3) is 0 Å². The Morgan fingerprint density at radius 2 is 2.00 bits per heavy atom. The van der Waals surface area contributed by atoms with Crippen molar-refractivity contribution in [3.63, 3.8) is 0 Å². The minimum Gasteiger partial charge on any atom is -0.324 e. The van der Waals surface area contributed by atoms with Gasteiger partial charge < -0.3 is 11.1 Å². The number of sulfone groups is 1. The first-order valence-electron chi connectivity index (χ1n) is 5.21. The van der Waals surface area contributed by atoms with Gasteiger partial charge in [0.15, 0.2) is 9.84 Å². The van der Waals surface area contributed by atoms with E-state index in [1.807, 2.05) is 0 Å². The van der Waals surface area contributed by atoms with Crippen LogP contribution in [-0.4, -0.2) is 26.6 Å². The van der Waals surface area contributed by atoms with Gasteiger partial charge in [-0.1, -0.05) is 19.1 Å². The van der Waals surface area contributed by atoms with Gasteiger partial charge in [-0.15, -0.1) is 0 Å². The Morgan fingerprint density at radius 1 is 1.41 bits per heavy atom. The molecule has 0 aliphatic carbocycles. The van der Waals surface area contributed by atoms with Crippen LogP contribution >= 0.6 is 0 Å². The molecule has 0 bridgehead atoms. The number of nitrogens with two attached hydrogens (primary N) is 1. The summed E-state index contributed by atoms with van der Waals surface area (Å²) in [5.41, 5.74) is 5.83. The van der Waals surface area contributed by atoms with E-state index in [-0.39, 0.29) is 16.5 Å². The van der Waals surface area contributed by atoms with E-state index in [9.17, 15) is 13.2 Å². The lowest BCUT2D eigenvalue weighted by atomic mass is 10.2. The molecule has 1 aromatic rings. The SMILES string of the molecule is CC[C@@H](N)C(=O)Nc1ccccc1S(C)(=O)=O. The van der Waals surface area contributed by atoms with Crippen molar-refractivity contribution in [3.8, 4) is 0 Å². The van der Waals surface area contributed by atoms with E-state index < -0.39 is 15.9 Å². The number of hydrogen-bond donors (Lipinski definition) is 2. The van der Waals surface area contributed by atoms with Crippen molar-refractivity contribution in [2.24, 2.45) is 5.73 Å². The molecule has 0 heterocycles. The molecule has 0 fully saturated rings. The van der Waals surface area contributed by atoms with Crippen LogP contribution in [0.2, 0.25) is 0 Å².